The number of carbonyl (C=O) groups is 2. The molecule has 2 amide bonds. The summed E-state index contributed by atoms with van der Waals surface area (Å²) < 4.78 is 22.4. The molecule has 2 aromatic rings. The lowest BCUT2D eigenvalue weighted by atomic mass is 10.2. The van der Waals surface area contributed by atoms with Gasteiger partial charge in [0.2, 0.25) is 0 Å². The molecule has 3 rings (SSSR count). The Kier molecular flexibility index (Phi) is 10.6. The summed E-state index contributed by atoms with van der Waals surface area (Å²) >= 11 is 6.64. The molecule has 10 heteroatoms. The number of rotatable bonds is 13. The summed E-state index contributed by atoms with van der Waals surface area (Å²) in [6.07, 6.45) is 2.49. The first-order valence-corrected chi connectivity index (χ1v) is 12.8. The molecule has 192 valence electrons. The van der Waals surface area contributed by atoms with E-state index in [-0.39, 0.29) is 18.4 Å². The van der Waals surface area contributed by atoms with Gasteiger partial charge in [-0.1, -0.05) is 30.0 Å². The second-order valence-corrected chi connectivity index (χ2v) is 9.29. The SMILES string of the molecule is CCOc1ccc(NC(=O)COc2ccc(/C=C3\SC(=S)N(CCCOC)C3=O)cc2OCC)cc1. The summed E-state index contributed by atoms with van der Waals surface area (Å²) in [6.45, 7) is 5.66. The van der Waals surface area contributed by atoms with E-state index in [1.165, 1.54) is 11.8 Å². The van der Waals surface area contributed by atoms with Crippen LogP contribution in [0.15, 0.2) is 47.4 Å². The van der Waals surface area contributed by atoms with E-state index >= 15 is 0 Å². The number of amides is 2. The lowest BCUT2D eigenvalue weighted by molar-refractivity contribution is -0.122. The molecule has 2 aromatic carbocycles. The number of nitrogens with zero attached hydrogens (tertiary/aromatic N) is 1. The lowest BCUT2D eigenvalue weighted by Gasteiger charge is -2.14. The Morgan fingerprint density at radius 1 is 1.06 bits per heavy atom. The van der Waals surface area contributed by atoms with Crippen LogP contribution in [0.1, 0.15) is 25.8 Å². The zero-order chi connectivity index (χ0) is 25.9. The molecule has 0 spiro atoms. The minimum absolute atomic E-state index is 0.120. The maximum Gasteiger partial charge on any atom is 0.266 e. The van der Waals surface area contributed by atoms with Crippen LogP contribution >= 0.6 is 24.0 Å². The first-order valence-electron chi connectivity index (χ1n) is 11.6. The van der Waals surface area contributed by atoms with Crippen molar-refractivity contribution in [3.8, 4) is 17.2 Å². The zero-order valence-corrected chi connectivity index (χ0v) is 22.2. The first kappa shape index (κ1) is 27.5. The smallest absolute Gasteiger partial charge is 0.266 e. The van der Waals surface area contributed by atoms with Crippen molar-refractivity contribution in [2.45, 2.75) is 20.3 Å². The van der Waals surface area contributed by atoms with Crippen molar-refractivity contribution >= 4 is 51.9 Å². The van der Waals surface area contributed by atoms with E-state index in [2.05, 4.69) is 5.32 Å². The largest absolute Gasteiger partial charge is 0.494 e. The third kappa shape index (κ3) is 7.71. The zero-order valence-electron chi connectivity index (χ0n) is 20.6. The lowest BCUT2D eigenvalue weighted by Crippen LogP contribution is -2.29. The highest BCUT2D eigenvalue weighted by atomic mass is 32.2. The monoisotopic (exact) mass is 530 g/mol. The Bertz CT molecular complexity index is 1100. The maximum atomic E-state index is 12.8. The molecule has 1 aliphatic rings. The highest BCUT2D eigenvalue weighted by molar-refractivity contribution is 8.26. The number of nitrogens with one attached hydrogen (secondary N) is 1. The highest BCUT2D eigenvalue weighted by Crippen LogP contribution is 2.35. The van der Waals surface area contributed by atoms with Gasteiger partial charge in [0.25, 0.3) is 11.8 Å². The molecule has 0 aromatic heterocycles. The molecule has 1 heterocycles. The summed E-state index contributed by atoms with van der Waals surface area (Å²) in [5, 5.41) is 2.79. The molecule has 1 saturated heterocycles. The van der Waals surface area contributed by atoms with Crippen LogP contribution in [-0.2, 0) is 14.3 Å². The quantitative estimate of drug-likeness (QED) is 0.226. The van der Waals surface area contributed by atoms with Gasteiger partial charge in [-0.15, -0.1) is 0 Å². The normalized spacial score (nSPS) is 14.3. The fourth-order valence-electron chi connectivity index (χ4n) is 3.35. The van der Waals surface area contributed by atoms with Crippen LogP contribution in [0.5, 0.6) is 17.2 Å². The molecular weight excluding hydrogens is 500 g/mol. The van der Waals surface area contributed by atoms with Crippen molar-refractivity contribution in [2.24, 2.45) is 0 Å². The molecular formula is C26H30N2O6S2. The van der Waals surface area contributed by atoms with Crippen LogP contribution in [0.25, 0.3) is 6.08 Å². The fourth-order valence-corrected chi connectivity index (χ4v) is 4.66. The van der Waals surface area contributed by atoms with E-state index in [1.54, 1.807) is 60.6 Å². The summed E-state index contributed by atoms with van der Waals surface area (Å²) in [7, 11) is 1.63. The second kappa shape index (κ2) is 13.9. The Morgan fingerprint density at radius 2 is 1.81 bits per heavy atom. The van der Waals surface area contributed by atoms with Crippen molar-refractivity contribution in [2.75, 3.05) is 45.4 Å². The van der Waals surface area contributed by atoms with E-state index in [0.29, 0.717) is 59.2 Å². The van der Waals surface area contributed by atoms with Crippen LogP contribution in [0.4, 0.5) is 5.69 Å². The Balaban J connectivity index is 1.63. The van der Waals surface area contributed by atoms with E-state index in [9.17, 15) is 9.59 Å². The standard InChI is InChI=1S/C26H30N2O6S2/c1-4-32-20-10-8-19(9-11-20)27-24(29)17-34-21-12-7-18(15-22(21)33-5-2)16-23-25(30)28(26(35)36-23)13-6-14-31-3/h7-12,15-16H,4-6,13-14,17H2,1-3H3,(H,27,29)/b23-16-. The summed E-state index contributed by atoms with van der Waals surface area (Å²) in [4.78, 5) is 27.3. The van der Waals surface area contributed by atoms with Crippen molar-refractivity contribution in [1.29, 1.82) is 0 Å². The minimum Gasteiger partial charge on any atom is -0.494 e. The molecule has 0 bridgehead atoms. The van der Waals surface area contributed by atoms with Gasteiger partial charge in [-0.05, 0) is 68.3 Å². The number of thioether (sulfide) groups is 1. The number of anilines is 1. The van der Waals surface area contributed by atoms with Crippen molar-refractivity contribution < 1.29 is 28.5 Å². The van der Waals surface area contributed by atoms with Gasteiger partial charge in [0.15, 0.2) is 18.1 Å². The van der Waals surface area contributed by atoms with Gasteiger partial charge < -0.3 is 24.3 Å². The summed E-state index contributed by atoms with van der Waals surface area (Å²) in [6, 6.07) is 12.4. The predicted octanol–water partition coefficient (Wildman–Crippen LogP) is 4.74. The molecule has 0 atom stereocenters. The van der Waals surface area contributed by atoms with Gasteiger partial charge in [-0.25, -0.2) is 0 Å². The minimum atomic E-state index is -0.303. The van der Waals surface area contributed by atoms with Crippen LogP contribution in [0.3, 0.4) is 0 Å². The van der Waals surface area contributed by atoms with E-state index in [1.807, 2.05) is 13.8 Å². The highest BCUT2D eigenvalue weighted by Gasteiger charge is 2.31. The van der Waals surface area contributed by atoms with Crippen molar-refractivity contribution in [1.82, 2.24) is 4.90 Å². The van der Waals surface area contributed by atoms with E-state index in [0.717, 1.165) is 11.3 Å². The van der Waals surface area contributed by atoms with Gasteiger partial charge in [0.1, 0.15) is 10.1 Å². The topological polar surface area (TPSA) is 86.3 Å². The van der Waals surface area contributed by atoms with Gasteiger partial charge in [0.05, 0.1) is 18.1 Å². The van der Waals surface area contributed by atoms with Crippen LogP contribution in [-0.4, -0.2) is 61.1 Å². The molecule has 1 aliphatic heterocycles. The van der Waals surface area contributed by atoms with Gasteiger partial charge in [0, 0.05) is 25.9 Å². The van der Waals surface area contributed by atoms with E-state index < -0.39 is 0 Å². The number of thiocarbonyl (C=S) groups is 1. The van der Waals surface area contributed by atoms with Crippen LogP contribution < -0.4 is 19.5 Å². The number of carbonyl (C=O) groups excluding carboxylic acids is 2. The predicted molar refractivity (Wildman–Crippen MR) is 146 cm³/mol. The molecule has 0 radical (unpaired) electrons. The van der Waals surface area contributed by atoms with Gasteiger partial charge in [-0.2, -0.15) is 0 Å². The summed E-state index contributed by atoms with van der Waals surface area (Å²) in [5.41, 5.74) is 1.41. The Labute approximate surface area is 220 Å². The molecule has 1 fully saturated rings. The molecule has 0 aliphatic carbocycles. The van der Waals surface area contributed by atoms with Gasteiger partial charge in [-0.3, -0.25) is 14.5 Å². The Morgan fingerprint density at radius 3 is 2.50 bits per heavy atom. The van der Waals surface area contributed by atoms with Crippen molar-refractivity contribution in [3.63, 3.8) is 0 Å². The fraction of sp³-hybridized carbons (Fsp3) is 0.346. The average molecular weight is 531 g/mol. The number of benzene rings is 2. The van der Waals surface area contributed by atoms with Crippen molar-refractivity contribution in [3.05, 3.63) is 52.9 Å². The number of hydrogen-bond donors (Lipinski definition) is 1. The average Bonchev–Trinajstić information content (AvgIpc) is 3.12. The first-order chi connectivity index (χ1) is 17.4. The van der Waals surface area contributed by atoms with Gasteiger partial charge >= 0.3 is 0 Å². The number of methoxy groups -OCH3 is 1. The molecule has 0 saturated carbocycles. The summed E-state index contributed by atoms with van der Waals surface area (Å²) in [5.74, 6) is 1.23. The molecule has 36 heavy (non-hydrogen) atoms. The van der Waals surface area contributed by atoms with E-state index in [4.69, 9.17) is 31.2 Å². The molecule has 8 nitrogen and oxygen atoms in total. The molecule has 1 N–H and O–H groups in total. The third-order valence-electron chi connectivity index (χ3n) is 4.98. The Hall–Kier alpha value is -3.08. The van der Waals surface area contributed by atoms with Crippen LogP contribution in [0.2, 0.25) is 0 Å². The number of ether oxygens (including phenoxy) is 4. The second-order valence-electron chi connectivity index (χ2n) is 7.61. The third-order valence-corrected chi connectivity index (χ3v) is 6.35. The van der Waals surface area contributed by atoms with Crippen LogP contribution in [0, 0.1) is 0 Å². The maximum absolute atomic E-state index is 12.8. The number of hydrogen-bond acceptors (Lipinski definition) is 8. The molecule has 0 unspecified atom stereocenters.